The van der Waals surface area contributed by atoms with Gasteiger partial charge in [0.25, 0.3) is 0 Å². The van der Waals surface area contributed by atoms with Crippen molar-refractivity contribution in [2.45, 2.75) is 18.9 Å². The van der Waals surface area contributed by atoms with E-state index in [4.69, 9.17) is 10.5 Å². The summed E-state index contributed by atoms with van der Waals surface area (Å²) in [6.45, 7) is 1.66. The number of guanidine groups is 1. The van der Waals surface area contributed by atoms with Crippen LogP contribution in [0.2, 0.25) is 0 Å². The standard InChI is InChI=1S/C7H15N3O/c1-9-7(8)10-6-2-4-11-5-3-6/h6H,2-5H2,1H3,(H3,8,9,10). The molecule has 0 bridgehead atoms. The molecular formula is C7H15N3O. The van der Waals surface area contributed by atoms with Gasteiger partial charge in [-0.2, -0.15) is 0 Å². The van der Waals surface area contributed by atoms with Gasteiger partial charge in [0.15, 0.2) is 5.96 Å². The second-order valence-electron chi connectivity index (χ2n) is 2.64. The molecule has 0 saturated carbocycles. The number of nitrogens with two attached hydrogens (primary N) is 1. The Bertz CT molecular complexity index is 141. The highest BCUT2D eigenvalue weighted by atomic mass is 16.5. The van der Waals surface area contributed by atoms with Gasteiger partial charge in [-0.25, -0.2) is 0 Å². The fourth-order valence-electron chi connectivity index (χ4n) is 1.12. The molecule has 0 radical (unpaired) electrons. The Kier molecular flexibility index (Phi) is 3.16. The molecule has 0 amide bonds. The van der Waals surface area contributed by atoms with Gasteiger partial charge < -0.3 is 15.8 Å². The van der Waals surface area contributed by atoms with Crippen LogP contribution in [0.1, 0.15) is 12.8 Å². The molecular weight excluding hydrogens is 142 g/mol. The molecule has 4 nitrogen and oxygen atoms in total. The van der Waals surface area contributed by atoms with Crippen molar-refractivity contribution in [2.75, 3.05) is 20.3 Å². The predicted molar refractivity (Wildman–Crippen MR) is 44.5 cm³/mol. The second kappa shape index (κ2) is 4.18. The van der Waals surface area contributed by atoms with Crippen LogP contribution in [0.25, 0.3) is 0 Å². The van der Waals surface area contributed by atoms with Crippen LogP contribution in [0.15, 0.2) is 4.99 Å². The van der Waals surface area contributed by atoms with Crippen molar-refractivity contribution in [2.24, 2.45) is 10.7 Å². The molecule has 3 N–H and O–H groups in total. The summed E-state index contributed by atoms with van der Waals surface area (Å²) in [6.07, 6.45) is 2.05. The summed E-state index contributed by atoms with van der Waals surface area (Å²) in [5, 5.41) is 3.12. The molecule has 0 spiro atoms. The summed E-state index contributed by atoms with van der Waals surface area (Å²) < 4.78 is 5.19. The Labute approximate surface area is 66.8 Å². The molecule has 1 aliphatic rings. The van der Waals surface area contributed by atoms with Crippen molar-refractivity contribution in [1.29, 1.82) is 0 Å². The van der Waals surface area contributed by atoms with Crippen molar-refractivity contribution in [3.05, 3.63) is 0 Å². The van der Waals surface area contributed by atoms with Crippen LogP contribution in [-0.2, 0) is 4.74 Å². The maximum Gasteiger partial charge on any atom is 0.188 e. The smallest absolute Gasteiger partial charge is 0.188 e. The number of hydrogen-bond acceptors (Lipinski definition) is 2. The first-order valence-electron chi connectivity index (χ1n) is 3.89. The third-order valence-electron chi connectivity index (χ3n) is 1.81. The first-order valence-corrected chi connectivity index (χ1v) is 3.89. The number of aliphatic imine (C=N–C) groups is 1. The summed E-state index contributed by atoms with van der Waals surface area (Å²) >= 11 is 0. The zero-order chi connectivity index (χ0) is 8.10. The Hall–Kier alpha value is -0.770. The molecule has 1 saturated heterocycles. The minimum absolute atomic E-state index is 0.451. The van der Waals surface area contributed by atoms with E-state index in [-0.39, 0.29) is 0 Å². The van der Waals surface area contributed by atoms with E-state index in [0.717, 1.165) is 26.1 Å². The van der Waals surface area contributed by atoms with E-state index in [1.807, 2.05) is 0 Å². The molecule has 1 aliphatic heterocycles. The molecule has 0 aliphatic carbocycles. The largest absolute Gasteiger partial charge is 0.381 e. The van der Waals surface area contributed by atoms with Crippen molar-refractivity contribution in [3.63, 3.8) is 0 Å². The van der Waals surface area contributed by atoms with E-state index in [1.54, 1.807) is 7.05 Å². The van der Waals surface area contributed by atoms with Crippen LogP contribution in [-0.4, -0.2) is 32.3 Å². The fraction of sp³-hybridized carbons (Fsp3) is 0.857. The molecule has 4 heteroatoms. The van der Waals surface area contributed by atoms with E-state index in [9.17, 15) is 0 Å². The molecule has 0 aromatic heterocycles. The van der Waals surface area contributed by atoms with Gasteiger partial charge in [-0.05, 0) is 12.8 Å². The zero-order valence-corrected chi connectivity index (χ0v) is 6.84. The lowest BCUT2D eigenvalue weighted by atomic mass is 10.1. The molecule has 0 aromatic rings. The molecule has 0 aromatic carbocycles. The van der Waals surface area contributed by atoms with Gasteiger partial charge in [0.2, 0.25) is 0 Å². The van der Waals surface area contributed by atoms with Crippen molar-refractivity contribution in [1.82, 2.24) is 5.32 Å². The molecule has 1 rings (SSSR count). The van der Waals surface area contributed by atoms with Crippen LogP contribution in [0.4, 0.5) is 0 Å². The summed E-state index contributed by atoms with van der Waals surface area (Å²) in [5.41, 5.74) is 5.50. The van der Waals surface area contributed by atoms with Gasteiger partial charge in [0, 0.05) is 26.3 Å². The Morgan fingerprint density at radius 3 is 2.73 bits per heavy atom. The van der Waals surface area contributed by atoms with Crippen LogP contribution in [0.3, 0.4) is 0 Å². The zero-order valence-electron chi connectivity index (χ0n) is 6.84. The van der Waals surface area contributed by atoms with Crippen molar-refractivity contribution < 1.29 is 4.74 Å². The SMILES string of the molecule is CN=C(N)NC1CCOCC1. The summed E-state index contributed by atoms with van der Waals surface area (Å²) in [5.74, 6) is 0.525. The highest BCUT2D eigenvalue weighted by Gasteiger charge is 2.12. The van der Waals surface area contributed by atoms with Gasteiger partial charge in [0.1, 0.15) is 0 Å². The van der Waals surface area contributed by atoms with Gasteiger partial charge in [-0.3, -0.25) is 4.99 Å². The number of nitrogens with one attached hydrogen (secondary N) is 1. The topological polar surface area (TPSA) is 59.6 Å². The Morgan fingerprint density at radius 1 is 1.55 bits per heavy atom. The Morgan fingerprint density at radius 2 is 2.18 bits per heavy atom. The third kappa shape index (κ3) is 2.76. The number of hydrogen-bond donors (Lipinski definition) is 2. The van der Waals surface area contributed by atoms with Crippen LogP contribution >= 0.6 is 0 Å². The van der Waals surface area contributed by atoms with Crippen molar-refractivity contribution in [3.8, 4) is 0 Å². The van der Waals surface area contributed by atoms with E-state index in [2.05, 4.69) is 10.3 Å². The Balaban J connectivity index is 2.24. The summed E-state index contributed by atoms with van der Waals surface area (Å²) in [7, 11) is 1.68. The molecule has 64 valence electrons. The van der Waals surface area contributed by atoms with E-state index in [1.165, 1.54) is 0 Å². The molecule has 1 heterocycles. The minimum Gasteiger partial charge on any atom is -0.381 e. The monoisotopic (exact) mass is 157 g/mol. The number of rotatable bonds is 1. The normalized spacial score (nSPS) is 21.7. The minimum atomic E-state index is 0.451. The number of nitrogens with zero attached hydrogens (tertiary/aromatic N) is 1. The van der Waals surface area contributed by atoms with E-state index in [0.29, 0.717) is 12.0 Å². The lowest BCUT2D eigenvalue weighted by Gasteiger charge is -2.23. The lowest BCUT2D eigenvalue weighted by Crippen LogP contribution is -2.42. The average molecular weight is 157 g/mol. The average Bonchev–Trinajstić information content (AvgIpc) is 2.06. The molecule has 11 heavy (non-hydrogen) atoms. The van der Waals surface area contributed by atoms with Crippen LogP contribution in [0.5, 0.6) is 0 Å². The van der Waals surface area contributed by atoms with Crippen LogP contribution in [0, 0.1) is 0 Å². The number of ether oxygens (including phenoxy) is 1. The predicted octanol–water partition coefficient (Wildman–Crippen LogP) is -0.300. The second-order valence-corrected chi connectivity index (χ2v) is 2.64. The summed E-state index contributed by atoms with van der Waals surface area (Å²) in [6, 6.07) is 0.451. The van der Waals surface area contributed by atoms with Gasteiger partial charge in [0.05, 0.1) is 0 Å². The van der Waals surface area contributed by atoms with E-state index >= 15 is 0 Å². The molecule has 0 unspecified atom stereocenters. The van der Waals surface area contributed by atoms with Gasteiger partial charge in [-0.1, -0.05) is 0 Å². The first kappa shape index (κ1) is 8.33. The lowest BCUT2D eigenvalue weighted by molar-refractivity contribution is 0.0824. The third-order valence-corrected chi connectivity index (χ3v) is 1.81. The molecule has 0 atom stereocenters. The molecule has 1 fully saturated rings. The fourth-order valence-corrected chi connectivity index (χ4v) is 1.12. The summed E-state index contributed by atoms with van der Waals surface area (Å²) in [4.78, 5) is 3.83. The van der Waals surface area contributed by atoms with E-state index < -0.39 is 0 Å². The highest BCUT2D eigenvalue weighted by Crippen LogP contribution is 2.05. The first-order chi connectivity index (χ1) is 5.33. The van der Waals surface area contributed by atoms with Gasteiger partial charge >= 0.3 is 0 Å². The highest BCUT2D eigenvalue weighted by molar-refractivity contribution is 5.77. The van der Waals surface area contributed by atoms with Crippen LogP contribution < -0.4 is 11.1 Å². The van der Waals surface area contributed by atoms with Gasteiger partial charge in [-0.15, -0.1) is 0 Å². The maximum absolute atomic E-state index is 5.50. The van der Waals surface area contributed by atoms with Crippen molar-refractivity contribution >= 4 is 5.96 Å². The maximum atomic E-state index is 5.50. The quantitative estimate of drug-likeness (QED) is 0.406.